The van der Waals surface area contributed by atoms with Crippen LogP contribution in [0.25, 0.3) is 0 Å². The number of hydrogen-bond donors (Lipinski definition) is 3. The number of aliphatic hydroxyl groups is 2. The van der Waals surface area contributed by atoms with Crippen LogP contribution in [0.2, 0.25) is 5.02 Å². The second-order valence-electron chi connectivity index (χ2n) is 3.78. The van der Waals surface area contributed by atoms with Gasteiger partial charge in [0.2, 0.25) is 5.91 Å². The summed E-state index contributed by atoms with van der Waals surface area (Å²) in [5, 5.41) is 20.7. The van der Waals surface area contributed by atoms with E-state index < -0.39 is 6.04 Å². The van der Waals surface area contributed by atoms with E-state index >= 15 is 0 Å². The number of thioether (sulfide) groups is 1. The summed E-state index contributed by atoms with van der Waals surface area (Å²) in [6.07, 6.45) is 0. The van der Waals surface area contributed by atoms with Crippen molar-refractivity contribution in [3.8, 4) is 0 Å². The summed E-state index contributed by atoms with van der Waals surface area (Å²) < 4.78 is 0. The maximum absolute atomic E-state index is 11.8. The molecule has 3 N–H and O–H groups in total. The monoisotopic (exact) mass is 289 g/mol. The summed E-state index contributed by atoms with van der Waals surface area (Å²) in [5.41, 5.74) is 0. The van der Waals surface area contributed by atoms with Crippen LogP contribution in [0.5, 0.6) is 0 Å². The highest BCUT2D eigenvalue weighted by Crippen LogP contribution is 2.24. The molecule has 0 fully saturated rings. The summed E-state index contributed by atoms with van der Waals surface area (Å²) in [6, 6.07) is 6.60. The average Bonchev–Trinajstić information content (AvgIpc) is 2.38. The smallest absolute Gasteiger partial charge is 0.233 e. The van der Waals surface area contributed by atoms with Gasteiger partial charge in [-0.05, 0) is 31.2 Å². The van der Waals surface area contributed by atoms with Gasteiger partial charge in [-0.15, -0.1) is 11.8 Å². The van der Waals surface area contributed by atoms with Gasteiger partial charge in [0.25, 0.3) is 0 Å². The van der Waals surface area contributed by atoms with E-state index in [2.05, 4.69) is 5.32 Å². The molecule has 6 heteroatoms. The largest absolute Gasteiger partial charge is 0.394 e. The van der Waals surface area contributed by atoms with Crippen molar-refractivity contribution in [3.05, 3.63) is 29.3 Å². The molecule has 0 aliphatic carbocycles. The van der Waals surface area contributed by atoms with Crippen LogP contribution in [-0.2, 0) is 4.79 Å². The van der Waals surface area contributed by atoms with Crippen LogP contribution in [0.4, 0.5) is 0 Å². The molecule has 4 nitrogen and oxygen atoms in total. The van der Waals surface area contributed by atoms with Crippen molar-refractivity contribution in [1.29, 1.82) is 0 Å². The van der Waals surface area contributed by atoms with E-state index in [-0.39, 0.29) is 24.4 Å². The number of nitrogens with one attached hydrogen (secondary N) is 1. The molecule has 0 aromatic heterocycles. The summed E-state index contributed by atoms with van der Waals surface area (Å²) >= 11 is 7.16. The van der Waals surface area contributed by atoms with Crippen molar-refractivity contribution in [2.45, 2.75) is 23.1 Å². The molecular formula is C12H16ClNO3S. The van der Waals surface area contributed by atoms with Gasteiger partial charge < -0.3 is 15.5 Å². The van der Waals surface area contributed by atoms with Crippen molar-refractivity contribution in [2.24, 2.45) is 0 Å². The molecular weight excluding hydrogens is 274 g/mol. The van der Waals surface area contributed by atoms with Crippen LogP contribution in [0.1, 0.15) is 6.92 Å². The van der Waals surface area contributed by atoms with Gasteiger partial charge in [-0.1, -0.05) is 11.6 Å². The number of hydrogen-bond acceptors (Lipinski definition) is 4. The van der Waals surface area contributed by atoms with E-state index in [9.17, 15) is 4.79 Å². The zero-order valence-electron chi connectivity index (χ0n) is 9.97. The number of amides is 1. The zero-order valence-corrected chi connectivity index (χ0v) is 11.5. The number of carbonyl (C=O) groups is 1. The molecule has 1 atom stereocenters. The van der Waals surface area contributed by atoms with Crippen molar-refractivity contribution < 1.29 is 15.0 Å². The van der Waals surface area contributed by atoms with Gasteiger partial charge in [0.15, 0.2) is 0 Å². The maximum Gasteiger partial charge on any atom is 0.233 e. The maximum atomic E-state index is 11.8. The minimum atomic E-state index is -0.606. The van der Waals surface area contributed by atoms with Crippen LogP contribution in [0.3, 0.4) is 0 Å². The quantitative estimate of drug-likeness (QED) is 0.690. The second-order valence-corrected chi connectivity index (χ2v) is 5.64. The van der Waals surface area contributed by atoms with Gasteiger partial charge in [-0.2, -0.15) is 0 Å². The predicted octanol–water partition coefficient (Wildman–Crippen LogP) is 1.29. The van der Waals surface area contributed by atoms with Crippen molar-refractivity contribution in [3.63, 3.8) is 0 Å². The average molecular weight is 290 g/mol. The Kier molecular flexibility index (Phi) is 6.49. The summed E-state index contributed by atoms with van der Waals surface area (Å²) in [7, 11) is 0. The molecule has 18 heavy (non-hydrogen) atoms. The van der Waals surface area contributed by atoms with Crippen LogP contribution in [-0.4, -0.2) is 40.6 Å². The van der Waals surface area contributed by atoms with E-state index in [4.69, 9.17) is 21.8 Å². The Morgan fingerprint density at radius 2 is 1.89 bits per heavy atom. The van der Waals surface area contributed by atoms with Gasteiger partial charge in [0.1, 0.15) is 0 Å². The molecule has 100 valence electrons. The lowest BCUT2D eigenvalue weighted by atomic mass is 10.3. The van der Waals surface area contributed by atoms with Gasteiger partial charge in [0, 0.05) is 9.92 Å². The topological polar surface area (TPSA) is 69.6 Å². The van der Waals surface area contributed by atoms with Gasteiger partial charge in [-0.25, -0.2) is 0 Å². The van der Waals surface area contributed by atoms with E-state index in [0.717, 1.165) is 4.90 Å². The number of aliphatic hydroxyl groups excluding tert-OH is 2. The highest BCUT2D eigenvalue weighted by atomic mass is 35.5. The zero-order chi connectivity index (χ0) is 13.5. The van der Waals surface area contributed by atoms with Crippen molar-refractivity contribution in [1.82, 2.24) is 5.32 Å². The molecule has 0 heterocycles. The lowest BCUT2D eigenvalue weighted by Gasteiger charge is -2.17. The fraction of sp³-hybridized carbons (Fsp3) is 0.417. The molecule has 0 saturated heterocycles. The van der Waals surface area contributed by atoms with Crippen molar-refractivity contribution in [2.75, 3.05) is 13.2 Å². The van der Waals surface area contributed by atoms with Crippen LogP contribution >= 0.6 is 23.4 Å². The minimum absolute atomic E-state index is 0.219. The second kappa shape index (κ2) is 7.63. The molecule has 1 aromatic rings. The van der Waals surface area contributed by atoms with E-state index in [0.29, 0.717) is 5.02 Å². The SMILES string of the molecule is CC(Sc1ccc(Cl)cc1)C(=O)NC(CO)CO. The normalized spacial score (nSPS) is 12.5. The molecule has 0 bridgehead atoms. The van der Waals surface area contributed by atoms with E-state index in [1.165, 1.54) is 11.8 Å². The first-order chi connectivity index (χ1) is 8.56. The fourth-order valence-electron chi connectivity index (χ4n) is 1.24. The Morgan fingerprint density at radius 1 is 1.33 bits per heavy atom. The summed E-state index contributed by atoms with van der Waals surface area (Å²) in [4.78, 5) is 12.7. The lowest BCUT2D eigenvalue weighted by molar-refractivity contribution is -0.121. The first-order valence-electron chi connectivity index (χ1n) is 5.51. The molecule has 0 saturated carbocycles. The number of rotatable bonds is 6. The summed E-state index contributed by atoms with van der Waals surface area (Å²) in [6.45, 7) is 1.21. The van der Waals surface area contributed by atoms with E-state index in [1.54, 1.807) is 19.1 Å². The fourth-order valence-corrected chi connectivity index (χ4v) is 2.24. The highest BCUT2D eigenvalue weighted by Gasteiger charge is 2.17. The standard InChI is InChI=1S/C12H16ClNO3S/c1-8(12(17)14-10(6-15)7-16)18-11-4-2-9(13)3-5-11/h2-5,8,10,15-16H,6-7H2,1H3,(H,14,17). The van der Waals surface area contributed by atoms with Crippen LogP contribution in [0, 0.1) is 0 Å². The molecule has 1 rings (SSSR count). The molecule has 0 aliphatic rings. The molecule has 0 radical (unpaired) electrons. The van der Waals surface area contributed by atoms with E-state index in [1.807, 2.05) is 12.1 Å². The Labute approximate surface area is 115 Å². The van der Waals surface area contributed by atoms with Gasteiger partial charge in [-0.3, -0.25) is 4.79 Å². The third-order valence-electron chi connectivity index (χ3n) is 2.28. The Bertz CT molecular complexity index is 381. The number of halogens is 1. The first-order valence-corrected chi connectivity index (χ1v) is 6.77. The molecule has 1 unspecified atom stereocenters. The first kappa shape index (κ1) is 15.3. The van der Waals surface area contributed by atoms with Gasteiger partial charge >= 0.3 is 0 Å². The third-order valence-corrected chi connectivity index (χ3v) is 3.65. The Morgan fingerprint density at radius 3 is 2.39 bits per heavy atom. The van der Waals surface area contributed by atoms with Crippen LogP contribution < -0.4 is 5.32 Å². The Balaban J connectivity index is 2.51. The van der Waals surface area contributed by atoms with Gasteiger partial charge in [0.05, 0.1) is 24.5 Å². The molecule has 1 aromatic carbocycles. The Hall–Kier alpha value is -0.750. The highest BCUT2D eigenvalue weighted by molar-refractivity contribution is 8.00. The number of benzene rings is 1. The third kappa shape index (κ3) is 4.86. The van der Waals surface area contributed by atoms with Crippen LogP contribution in [0.15, 0.2) is 29.2 Å². The van der Waals surface area contributed by atoms with Crippen molar-refractivity contribution >= 4 is 29.3 Å². The predicted molar refractivity (Wildman–Crippen MR) is 72.9 cm³/mol. The molecule has 0 spiro atoms. The molecule has 1 amide bonds. The minimum Gasteiger partial charge on any atom is -0.394 e. The molecule has 0 aliphatic heterocycles. The summed E-state index contributed by atoms with van der Waals surface area (Å²) in [5.74, 6) is -0.219. The lowest BCUT2D eigenvalue weighted by Crippen LogP contribution is -2.43. The number of carbonyl (C=O) groups excluding carboxylic acids is 1.